The van der Waals surface area contributed by atoms with Crippen LogP contribution in [0, 0.1) is 13.8 Å². The van der Waals surface area contributed by atoms with E-state index in [0.29, 0.717) is 6.54 Å². The number of hydrogen-bond donors (Lipinski definition) is 1. The fourth-order valence-corrected chi connectivity index (χ4v) is 4.38. The molecule has 1 N–H and O–H groups in total. The maximum atomic E-state index is 12.5. The number of carboxylic acid groups (broad SMARTS) is 1. The molecule has 0 spiro atoms. The third-order valence-corrected chi connectivity index (χ3v) is 6.19. The molecule has 3 rings (SSSR count). The molecule has 3 aromatic rings. The van der Waals surface area contributed by atoms with Crippen LogP contribution < -0.4 is 5.43 Å². The first-order valence-corrected chi connectivity index (χ1v) is 11.7. The summed E-state index contributed by atoms with van der Waals surface area (Å²) in [5.74, 6) is -1.20. The number of aromatic nitrogens is 1. The Labute approximate surface area is 201 Å². The molecule has 1 heterocycles. The number of pyridine rings is 1. The maximum Gasteiger partial charge on any atom is 0.341 e. The highest BCUT2D eigenvalue weighted by molar-refractivity contribution is 5.89. The van der Waals surface area contributed by atoms with Gasteiger partial charge in [-0.05, 0) is 86.1 Å². The van der Waals surface area contributed by atoms with Crippen molar-refractivity contribution in [3.8, 4) is 11.1 Å². The minimum Gasteiger partial charge on any atom is -0.477 e. The number of aryl methyl sites for hydroxylation is 2. The van der Waals surface area contributed by atoms with Crippen molar-refractivity contribution in [2.75, 3.05) is 0 Å². The van der Waals surface area contributed by atoms with E-state index in [4.69, 9.17) is 0 Å². The topological polar surface area (TPSA) is 59.3 Å². The first-order valence-electron chi connectivity index (χ1n) is 11.7. The Morgan fingerprint density at radius 2 is 1.65 bits per heavy atom. The number of hydrogen-bond acceptors (Lipinski definition) is 2. The van der Waals surface area contributed by atoms with Crippen LogP contribution in [0.1, 0.15) is 66.9 Å². The lowest BCUT2D eigenvalue weighted by atomic mass is 9.88. The Kier molecular flexibility index (Phi) is 7.72. The van der Waals surface area contributed by atoms with Crippen LogP contribution in [-0.4, -0.2) is 15.6 Å². The summed E-state index contributed by atoms with van der Waals surface area (Å²) in [7, 11) is 0. The minimum absolute atomic E-state index is 0.200. The second-order valence-electron chi connectivity index (χ2n) is 8.97. The van der Waals surface area contributed by atoms with Crippen molar-refractivity contribution in [1.29, 1.82) is 0 Å². The summed E-state index contributed by atoms with van der Waals surface area (Å²) in [4.78, 5) is 24.0. The van der Waals surface area contributed by atoms with Gasteiger partial charge in [0.1, 0.15) is 5.56 Å². The van der Waals surface area contributed by atoms with Gasteiger partial charge in [-0.3, -0.25) is 4.79 Å². The maximum absolute atomic E-state index is 12.5. The van der Waals surface area contributed by atoms with E-state index < -0.39 is 11.4 Å². The summed E-state index contributed by atoms with van der Waals surface area (Å²) in [6, 6.07) is 16.2. The predicted molar refractivity (Wildman–Crippen MR) is 141 cm³/mol. The van der Waals surface area contributed by atoms with Crippen molar-refractivity contribution in [2.24, 2.45) is 0 Å². The van der Waals surface area contributed by atoms with Crippen LogP contribution in [0.5, 0.6) is 0 Å². The van der Waals surface area contributed by atoms with Crippen molar-refractivity contribution in [3.63, 3.8) is 0 Å². The summed E-state index contributed by atoms with van der Waals surface area (Å²) in [6.45, 7) is 13.1. The van der Waals surface area contributed by atoms with Gasteiger partial charge < -0.3 is 9.67 Å². The largest absolute Gasteiger partial charge is 0.477 e. The number of rotatable bonds is 7. The van der Waals surface area contributed by atoms with Gasteiger partial charge in [-0.1, -0.05) is 55.0 Å². The number of allylic oxidation sites excluding steroid dienone is 4. The molecule has 34 heavy (non-hydrogen) atoms. The third kappa shape index (κ3) is 5.12. The van der Waals surface area contributed by atoms with E-state index in [1.165, 1.54) is 34.5 Å². The van der Waals surface area contributed by atoms with Crippen LogP contribution in [0.2, 0.25) is 0 Å². The van der Waals surface area contributed by atoms with Gasteiger partial charge in [-0.25, -0.2) is 4.79 Å². The van der Waals surface area contributed by atoms with Crippen molar-refractivity contribution in [3.05, 3.63) is 105 Å². The fourth-order valence-electron chi connectivity index (χ4n) is 4.38. The molecule has 4 heteroatoms. The van der Waals surface area contributed by atoms with Crippen molar-refractivity contribution >= 4 is 17.1 Å². The predicted octanol–water partition coefficient (Wildman–Crippen LogP) is 7.14. The zero-order valence-corrected chi connectivity index (χ0v) is 20.9. The standard InChI is InChI=1S/C30H33NO3/c1-7-15-31-18-27(30(33)34)29(32)17-28(31)21(5)16-26(19(2)3)25-14-10-13-24(22(25)6)23-12-9-8-11-20(23)4/h8-14,16-18H,7,15H2,1-6H3,(H,33,34)/b21-16+. The van der Waals surface area contributed by atoms with Crippen LogP contribution in [0.15, 0.2) is 71.2 Å². The zero-order valence-electron chi connectivity index (χ0n) is 20.9. The zero-order chi connectivity index (χ0) is 25.0. The molecule has 0 atom stereocenters. The molecule has 0 saturated heterocycles. The second-order valence-corrected chi connectivity index (χ2v) is 8.97. The molecule has 0 amide bonds. The Bertz CT molecular complexity index is 1350. The van der Waals surface area contributed by atoms with Gasteiger partial charge in [0.25, 0.3) is 0 Å². The molecule has 176 valence electrons. The van der Waals surface area contributed by atoms with Gasteiger partial charge in [0.05, 0.1) is 0 Å². The monoisotopic (exact) mass is 455 g/mol. The molecule has 0 aliphatic carbocycles. The number of aromatic carboxylic acids is 1. The molecule has 4 nitrogen and oxygen atoms in total. The van der Waals surface area contributed by atoms with Gasteiger partial charge in [0.2, 0.25) is 0 Å². The Morgan fingerprint density at radius 1 is 0.971 bits per heavy atom. The van der Waals surface area contributed by atoms with E-state index in [0.717, 1.165) is 34.4 Å². The van der Waals surface area contributed by atoms with E-state index in [1.807, 2.05) is 18.4 Å². The number of carboxylic acids is 1. The highest BCUT2D eigenvalue weighted by Crippen LogP contribution is 2.34. The van der Waals surface area contributed by atoms with Crippen LogP contribution >= 0.6 is 0 Å². The van der Waals surface area contributed by atoms with Crippen LogP contribution in [0.3, 0.4) is 0 Å². The minimum atomic E-state index is -1.20. The molecule has 0 aliphatic heterocycles. The highest BCUT2D eigenvalue weighted by atomic mass is 16.4. The lowest BCUT2D eigenvalue weighted by molar-refractivity contribution is 0.0694. The Hall–Kier alpha value is -3.66. The van der Waals surface area contributed by atoms with Gasteiger partial charge >= 0.3 is 5.97 Å². The van der Waals surface area contributed by atoms with E-state index in [9.17, 15) is 14.7 Å². The summed E-state index contributed by atoms with van der Waals surface area (Å²) < 4.78 is 1.87. The van der Waals surface area contributed by atoms with Gasteiger partial charge in [0.15, 0.2) is 5.43 Å². The first kappa shape index (κ1) is 25.0. The van der Waals surface area contributed by atoms with Crippen LogP contribution in [0.25, 0.3) is 22.3 Å². The molecule has 0 radical (unpaired) electrons. The molecular formula is C30H33NO3. The summed E-state index contributed by atoms with van der Waals surface area (Å²) in [6.07, 6.45) is 4.41. The van der Waals surface area contributed by atoms with Crippen LogP contribution in [-0.2, 0) is 6.54 Å². The fraction of sp³-hybridized carbons (Fsp3) is 0.267. The van der Waals surface area contributed by atoms with Crippen LogP contribution in [0.4, 0.5) is 0 Å². The van der Waals surface area contributed by atoms with E-state index in [2.05, 4.69) is 76.2 Å². The highest BCUT2D eigenvalue weighted by Gasteiger charge is 2.15. The van der Waals surface area contributed by atoms with Crippen molar-refractivity contribution < 1.29 is 9.90 Å². The van der Waals surface area contributed by atoms with Crippen molar-refractivity contribution in [2.45, 2.75) is 54.5 Å². The van der Waals surface area contributed by atoms with Gasteiger partial charge in [-0.2, -0.15) is 0 Å². The first-order chi connectivity index (χ1) is 16.1. The SMILES string of the molecule is CCCn1cc(C(=O)O)c(=O)cc1/C(C)=C/C(=C(C)C)c1cccc(-c2ccccc2C)c1C. The number of carbonyl (C=O) groups is 1. The quantitative estimate of drug-likeness (QED) is 0.385. The Morgan fingerprint density at radius 3 is 2.26 bits per heavy atom. The normalized spacial score (nSPS) is 11.4. The summed E-state index contributed by atoms with van der Waals surface area (Å²) in [5, 5.41) is 9.39. The molecule has 0 unspecified atom stereocenters. The summed E-state index contributed by atoms with van der Waals surface area (Å²) in [5.41, 5.74) is 9.24. The molecule has 2 aromatic carbocycles. The summed E-state index contributed by atoms with van der Waals surface area (Å²) >= 11 is 0. The van der Waals surface area contributed by atoms with Gasteiger partial charge in [0, 0.05) is 24.5 Å². The number of benzene rings is 2. The lowest BCUT2D eigenvalue weighted by Gasteiger charge is -2.18. The van der Waals surface area contributed by atoms with E-state index in [1.54, 1.807) is 0 Å². The molecule has 0 fully saturated rings. The molecule has 0 aliphatic rings. The molecule has 0 saturated carbocycles. The molecule has 0 bridgehead atoms. The van der Waals surface area contributed by atoms with E-state index in [-0.39, 0.29) is 5.56 Å². The van der Waals surface area contributed by atoms with Gasteiger partial charge in [-0.15, -0.1) is 0 Å². The third-order valence-electron chi connectivity index (χ3n) is 6.19. The Balaban J connectivity index is 2.17. The lowest BCUT2D eigenvalue weighted by Crippen LogP contribution is -2.19. The average Bonchev–Trinajstić information content (AvgIpc) is 2.79. The smallest absolute Gasteiger partial charge is 0.341 e. The number of nitrogens with zero attached hydrogens (tertiary/aromatic N) is 1. The molecule has 1 aromatic heterocycles. The van der Waals surface area contributed by atoms with E-state index >= 15 is 0 Å². The molecular weight excluding hydrogens is 422 g/mol. The average molecular weight is 456 g/mol. The van der Waals surface area contributed by atoms with Crippen molar-refractivity contribution in [1.82, 2.24) is 4.57 Å². The second kappa shape index (κ2) is 10.5.